The molecule has 1 amide bonds. The van der Waals surface area contributed by atoms with Crippen LogP contribution in [0.2, 0.25) is 0 Å². The van der Waals surface area contributed by atoms with Crippen molar-refractivity contribution < 1.29 is 14.3 Å². The fourth-order valence-corrected chi connectivity index (χ4v) is 5.48. The number of carbonyl (C=O) groups excluding carboxylic acids is 2. The summed E-state index contributed by atoms with van der Waals surface area (Å²) in [5.74, 6) is 0.754. The van der Waals surface area contributed by atoms with E-state index < -0.39 is 0 Å². The van der Waals surface area contributed by atoms with Crippen LogP contribution in [0.5, 0.6) is 0 Å². The van der Waals surface area contributed by atoms with Crippen molar-refractivity contribution in [1.82, 2.24) is 24.9 Å². The van der Waals surface area contributed by atoms with Crippen LogP contribution in [0.15, 0.2) is 37.1 Å². The van der Waals surface area contributed by atoms with E-state index in [1.54, 1.807) is 10.6 Å². The lowest BCUT2D eigenvalue weighted by atomic mass is 9.95. The van der Waals surface area contributed by atoms with Crippen molar-refractivity contribution in [1.29, 1.82) is 0 Å². The second kappa shape index (κ2) is 12.8. The zero-order chi connectivity index (χ0) is 28.9. The number of rotatable bonds is 10. The van der Waals surface area contributed by atoms with Gasteiger partial charge in [0, 0.05) is 31.4 Å². The molecular formula is C30H40N8O3. The molecule has 2 aliphatic rings. The van der Waals surface area contributed by atoms with Crippen LogP contribution >= 0.6 is 0 Å². The summed E-state index contributed by atoms with van der Waals surface area (Å²) in [7, 11) is 0. The van der Waals surface area contributed by atoms with Crippen LogP contribution in [0.1, 0.15) is 79.9 Å². The predicted octanol–water partition coefficient (Wildman–Crippen LogP) is 4.32. The van der Waals surface area contributed by atoms with E-state index in [9.17, 15) is 9.59 Å². The highest BCUT2D eigenvalue weighted by Gasteiger charge is 2.26. The Kier molecular flexibility index (Phi) is 8.94. The van der Waals surface area contributed by atoms with Gasteiger partial charge in [-0.25, -0.2) is 0 Å². The van der Waals surface area contributed by atoms with Crippen molar-refractivity contribution in [2.45, 2.75) is 64.5 Å². The Balaban J connectivity index is 1.47. The molecule has 2 aromatic heterocycles. The van der Waals surface area contributed by atoms with Gasteiger partial charge in [-0.2, -0.15) is 19.6 Å². The third-order valence-corrected chi connectivity index (χ3v) is 7.84. The van der Waals surface area contributed by atoms with Gasteiger partial charge in [0.05, 0.1) is 29.4 Å². The Labute approximate surface area is 240 Å². The number of allylic oxidation sites excluding steroid dienone is 1. The lowest BCUT2D eigenvalue weighted by Crippen LogP contribution is -2.37. The van der Waals surface area contributed by atoms with E-state index in [-0.39, 0.29) is 35.6 Å². The van der Waals surface area contributed by atoms with Crippen LogP contribution in [-0.2, 0) is 9.53 Å². The molecule has 4 heterocycles. The van der Waals surface area contributed by atoms with E-state index in [0.717, 1.165) is 49.0 Å². The van der Waals surface area contributed by atoms with Gasteiger partial charge in [-0.15, -0.1) is 0 Å². The van der Waals surface area contributed by atoms with Crippen LogP contribution in [-0.4, -0.2) is 63.6 Å². The van der Waals surface area contributed by atoms with E-state index in [4.69, 9.17) is 14.7 Å². The molecule has 0 saturated carbocycles. The van der Waals surface area contributed by atoms with E-state index in [2.05, 4.69) is 46.8 Å². The number of nitrogens with one attached hydrogen (secondary N) is 4. The van der Waals surface area contributed by atoms with Gasteiger partial charge in [-0.1, -0.05) is 32.6 Å². The molecule has 2 unspecified atom stereocenters. The number of benzene rings is 1. The summed E-state index contributed by atoms with van der Waals surface area (Å²) >= 11 is 0. The van der Waals surface area contributed by atoms with Gasteiger partial charge in [0.15, 0.2) is 11.4 Å². The zero-order valence-electron chi connectivity index (χ0n) is 24.1. The van der Waals surface area contributed by atoms with Crippen LogP contribution in [0.3, 0.4) is 0 Å². The molecule has 0 bridgehead atoms. The molecule has 2 aliphatic heterocycles. The maximum absolute atomic E-state index is 13.2. The minimum Gasteiger partial charge on any atom is -0.381 e. The molecule has 2 saturated heterocycles. The van der Waals surface area contributed by atoms with E-state index >= 15 is 0 Å². The molecule has 41 heavy (non-hydrogen) atoms. The highest BCUT2D eigenvalue weighted by atomic mass is 16.5. The topological polar surface area (TPSA) is 135 Å². The molecule has 2 fully saturated rings. The molecule has 2 atom stereocenters. The summed E-state index contributed by atoms with van der Waals surface area (Å²) in [5.41, 5.74) is 3.35. The number of amides is 1. The van der Waals surface area contributed by atoms with Gasteiger partial charge < -0.3 is 26.0 Å². The molecule has 218 valence electrons. The summed E-state index contributed by atoms with van der Waals surface area (Å²) in [5, 5.41) is 17.8. The molecule has 5 rings (SSSR count). The first kappa shape index (κ1) is 28.7. The lowest BCUT2D eigenvalue weighted by molar-refractivity contribution is -0.120. The van der Waals surface area contributed by atoms with Crippen molar-refractivity contribution in [2.75, 3.05) is 42.3 Å². The quantitative estimate of drug-likeness (QED) is 0.211. The number of carbonyl (C=O) groups is 2. The summed E-state index contributed by atoms with van der Waals surface area (Å²) < 4.78 is 7.21. The van der Waals surface area contributed by atoms with Crippen molar-refractivity contribution >= 4 is 34.9 Å². The second-order valence-electron chi connectivity index (χ2n) is 11.1. The smallest absolute Gasteiger partial charge is 0.229 e. The average Bonchev–Trinajstić information content (AvgIpc) is 3.42. The Hall–Kier alpha value is -3.83. The molecule has 11 nitrogen and oxygen atoms in total. The van der Waals surface area contributed by atoms with Crippen LogP contribution in [0.4, 0.5) is 17.6 Å². The molecule has 11 heteroatoms. The van der Waals surface area contributed by atoms with Gasteiger partial charge >= 0.3 is 0 Å². The normalized spacial score (nSPS) is 18.7. The minimum atomic E-state index is -0.358. The Morgan fingerprint density at radius 2 is 1.95 bits per heavy atom. The fraction of sp³-hybridized carbons (Fsp3) is 0.500. The fourth-order valence-electron chi connectivity index (χ4n) is 5.48. The van der Waals surface area contributed by atoms with Gasteiger partial charge in [-0.3, -0.25) is 9.59 Å². The van der Waals surface area contributed by atoms with Crippen molar-refractivity contribution in [2.24, 2.45) is 5.92 Å². The van der Waals surface area contributed by atoms with Gasteiger partial charge in [0.25, 0.3) is 0 Å². The monoisotopic (exact) mass is 560 g/mol. The SMILES string of the molecule is C=CC(=O)c1c(NC(=O)C2CCCNC2)cccc1C(C)Nc1nc(NC2CCOCC2)nc2c(C(C)C)cnn12. The molecule has 0 radical (unpaired) electrons. The van der Waals surface area contributed by atoms with Crippen molar-refractivity contribution in [3.05, 3.63) is 53.7 Å². The van der Waals surface area contributed by atoms with E-state index in [1.165, 1.54) is 6.08 Å². The van der Waals surface area contributed by atoms with Crippen molar-refractivity contribution in [3.63, 3.8) is 0 Å². The number of ether oxygens (including phenoxy) is 1. The van der Waals surface area contributed by atoms with Gasteiger partial charge in [-0.05, 0) is 62.8 Å². The molecule has 4 N–H and O–H groups in total. The third kappa shape index (κ3) is 6.41. The molecule has 3 aromatic rings. The summed E-state index contributed by atoms with van der Waals surface area (Å²) in [6.45, 7) is 12.8. The number of hydrogen-bond acceptors (Lipinski definition) is 9. The van der Waals surface area contributed by atoms with E-state index in [1.807, 2.05) is 25.3 Å². The number of hydrogen-bond donors (Lipinski definition) is 4. The second-order valence-corrected chi connectivity index (χ2v) is 11.1. The van der Waals surface area contributed by atoms with E-state index in [0.29, 0.717) is 42.9 Å². The van der Waals surface area contributed by atoms with Crippen LogP contribution < -0.4 is 21.3 Å². The summed E-state index contributed by atoms with van der Waals surface area (Å²) in [6.07, 6.45) is 6.63. The molecular weight excluding hydrogens is 520 g/mol. The lowest BCUT2D eigenvalue weighted by Gasteiger charge is -2.25. The molecule has 0 aliphatic carbocycles. The minimum absolute atomic E-state index is 0.0906. The standard InChI is InChI=1S/C30H40N8O3/c1-5-25(39)26-22(9-6-10-24(26)35-28(40)20-8-7-13-31-16-20)19(4)33-30-37-29(34-21-11-14-41-15-12-21)36-27-23(18(2)3)17-32-38(27)30/h5-6,9-10,17-21,31H,1,7-8,11-16H2,2-4H3,(H,35,40)(H2,33,34,36,37). The summed E-state index contributed by atoms with van der Waals surface area (Å²) in [6, 6.07) is 5.36. The number of anilines is 3. The van der Waals surface area contributed by atoms with Crippen LogP contribution in [0.25, 0.3) is 5.65 Å². The number of nitrogens with zero attached hydrogens (tertiary/aromatic N) is 4. The largest absolute Gasteiger partial charge is 0.381 e. The molecule has 0 spiro atoms. The maximum atomic E-state index is 13.2. The Morgan fingerprint density at radius 1 is 1.15 bits per heavy atom. The number of fused-ring (bicyclic) bond motifs is 1. The average molecular weight is 561 g/mol. The third-order valence-electron chi connectivity index (χ3n) is 7.84. The van der Waals surface area contributed by atoms with Gasteiger partial charge in [0.1, 0.15) is 0 Å². The van der Waals surface area contributed by atoms with Crippen molar-refractivity contribution in [3.8, 4) is 0 Å². The zero-order valence-corrected chi connectivity index (χ0v) is 24.1. The number of aromatic nitrogens is 4. The van der Waals surface area contributed by atoms with Crippen LogP contribution in [0, 0.1) is 5.92 Å². The first-order chi connectivity index (χ1) is 19.9. The highest BCUT2D eigenvalue weighted by molar-refractivity contribution is 6.11. The maximum Gasteiger partial charge on any atom is 0.229 e. The predicted molar refractivity (Wildman–Crippen MR) is 160 cm³/mol. The molecule has 1 aromatic carbocycles. The van der Waals surface area contributed by atoms with Gasteiger partial charge in [0.2, 0.25) is 17.8 Å². The Morgan fingerprint density at radius 3 is 2.66 bits per heavy atom. The number of piperidine rings is 1. The first-order valence-corrected chi connectivity index (χ1v) is 14.5. The summed E-state index contributed by atoms with van der Waals surface area (Å²) in [4.78, 5) is 35.8. The first-order valence-electron chi connectivity index (χ1n) is 14.5. The Bertz CT molecular complexity index is 1410. The number of ketones is 1. The highest BCUT2D eigenvalue weighted by Crippen LogP contribution is 2.30.